The second-order valence-corrected chi connectivity index (χ2v) is 13.4. The van der Waals surface area contributed by atoms with Crippen molar-refractivity contribution < 1.29 is 0 Å². The van der Waals surface area contributed by atoms with Gasteiger partial charge in [-0.15, -0.1) is 0 Å². The highest BCUT2D eigenvalue weighted by Gasteiger charge is 2.20. The number of hydrogen-bond donors (Lipinski definition) is 0. The van der Waals surface area contributed by atoms with E-state index in [0.29, 0.717) is 0 Å². The van der Waals surface area contributed by atoms with E-state index in [1.54, 1.807) is 0 Å². The van der Waals surface area contributed by atoms with Crippen molar-refractivity contribution in [2.75, 3.05) is 0 Å². The molecule has 0 aliphatic carbocycles. The molecule has 0 atom stereocenters. The van der Waals surface area contributed by atoms with Crippen LogP contribution in [0.15, 0.2) is 188 Å². The summed E-state index contributed by atoms with van der Waals surface area (Å²) in [4.78, 5) is 0. The Kier molecular flexibility index (Phi) is 5.96. The number of nitrogens with zero attached hydrogens (tertiary/aromatic N) is 3. The molecule has 3 heterocycles. The highest BCUT2D eigenvalue weighted by Crippen LogP contribution is 2.41. The van der Waals surface area contributed by atoms with Crippen molar-refractivity contribution in [2.24, 2.45) is 0 Å². The third-order valence-electron chi connectivity index (χ3n) is 10.6. The van der Waals surface area contributed by atoms with E-state index >= 15 is 0 Å². The molecular weight excluding hydrogens is 619 g/mol. The molecular formula is C48H31N3. The third kappa shape index (κ3) is 4.12. The second-order valence-electron chi connectivity index (χ2n) is 13.4. The molecule has 0 saturated carbocycles. The van der Waals surface area contributed by atoms with E-state index in [-0.39, 0.29) is 0 Å². The smallest absolute Gasteiger partial charge is 0.0548 e. The fourth-order valence-corrected chi connectivity index (χ4v) is 8.38. The summed E-state index contributed by atoms with van der Waals surface area (Å²) in [5.41, 5.74) is 13.2. The van der Waals surface area contributed by atoms with Crippen molar-refractivity contribution in [1.29, 1.82) is 0 Å². The number of hydrogen-bond acceptors (Lipinski definition) is 0. The van der Waals surface area contributed by atoms with Gasteiger partial charge in [-0.05, 0) is 83.9 Å². The van der Waals surface area contributed by atoms with Crippen LogP contribution in [0.3, 0.4) is 0 Å². The van der Waals surface area contributed by atoms with E-state index in [1.165, 1.54) is 82.2 Å². The van der Waals surface area contributed by atoms with Crippen LogP contribution in [-0.4, -0.2) is 13.7 Å². The van der Waals surface area contributed by atoms with Crippen LogP contribution < -0.4 is 0 Å². The summed E-state index contributed by atoms with van der Waals surface area (Å²) in [6, 6.07) is 68.4. The molecule has 0 aliphatic rings. The van der Waals surface area contributed by atoms with Crippen molar-refractivity contribution >= 4 is 65.4 Å². The summed E-state index contributed by atoms with van der Waals surface area (Å²) in [5.74, 6) is 0. The minimum absolute atomic E-state index is 1.15. The first-order chi connectivity index (χ1) is 25.3. The fraction of sp³-hybridized carbons (Fsp3) is 0. The first-order valence-electron chi connectivity index (χ1n) is 17.5. The van der Waals surface area contributed by atoms with E-state index in [1.807, 2.05) is 0 Å². The van der Waals surface area contributed by atoms with Crippen molar-refractivity contribution in [3.05, 3.63) is 188 Å². The number of para-hydroxylation sites is 4. The van der Waals surface area contributed by atoms with Crippen molar-refractivity contribution in [2.45, 2.75) is 0 Å². The Balaban J connectivity index is 1.16. The molecule has 3 aromatic heterocycles. The predicted molar refractivity (Wildman–Crippen MR) is 215 cm³/mol. The number of rotatable bonds is 4. The molecule has 0 amide bonds. The van der Waals surface area contributed by atoms with Crippen molar-refractivity contribution in [3.63, 3.8) is 0 Å². The van der Waals surface area contributed by atoms with Gasteiger partial charge in [0.15, 0.2) is 0 Å². The van der Waals surface area contributed by atoms with E-state index in [0.717, 1.165) is 11.4 Å². The lowest BCUT2D eigenvalue weighted by Crippen LogP contribution is -1.96. The van der Waals surface area contributed by atoms with E-state index < -0.39 is 0 Å². The molecule has 0 saturated heterocycles. The summed E-state index contributed by atoms with van der Waals surface area (Å²) in [6.07, 6.45) is 0. The summed E-state index contributed by atoms with van der Waals surface area (Å²) >= 11 is 0. The molecule has 0 aliphatic heterocycles. The minimum Gasteiger partial charge on any atom is -0.309 e. The van der Waals surface area contributed by atoms with E-state index in [2.05, 4.69) is 202 Å². The van der Waals surface area contributed by atoms with Gasteiger partial charge >= 0.3 is 0 Å². The largest absolute Gasteiger partial charge is 0.309 e. The lowest BCUT2D eigenvalue weighted by molar-refractivity contribution is 1.16. The molecule has 51 heavy (non-hydrogen) atoms. The average Bonchev–Trinajstić information content (AvgIpc) is 3.83. The van der Waals surface area contributed by atoms with Gasteiger partial charge in [0.1, 0.15) is 0 Å². The minimum atomic E-state index is 1.15. The Morgan fingerprint density at radius 2 is 0.588 bits per heavy atom. The Labute approximate surface area is 294 Å². The molecule has 11 rings (SSSR count). The first-order valence-corrected chi connectivity index (χ1v) is 17.5. The van der Waals surface area contributed by atoms with Gasteiger partial charge in [0.05, 0.1) is 33.1 Å². The van der Waals surface area contributed by atoms with Gasteiger partial charge < -0.3 is 13.7 Å². The Morgan fingerprint density at radius 1 is 0.216 bits per heavy atom. The molecule has 3 heteroatoms. The van der Waals surface area contributed by atoms with Gasteiger partial charge in [-0.3, -0.25) is 0 Å². The normalized spacial score (nSPS) is 11.9. The highest BCUT2D eigenvalue weighted by atomic mass is 15.0. The fourth-order valence-electron chi connectivity index (χ4n) is 8.38. The third-order valence-corrected chi connectivity index (χ3v) is 10.6. The summed E-state index contributed by atoms with van der Waals surface area (Å²) in [5, 5.41) is 7.49. The lowest BCUT2D eigenvalue weighted by atomic mass is 10.1. The average molecular weight is 650 g/mol. The zero-order valence-electron chi connectivity index (χ0n) is 27.7. The predicted octanol–water partition coefficient (Wildman–Crippen LogP) is 12.6. The Hall–Kier alpha value is -6.84. The van der Waals surface area contributed by atoms with Crippen LogP contribution in [0.2, 0.25) is 0 Å². The number of benzene rings is 8. The molecule has 11 aromatic rings. The van der Waals surface area contributed by atoms with Gasteiger partial charge in [-0.25, -0.2) is 0 Å². The maximum atomic E-state index is 2.46. The highest BCUT2D eigenvalue weighted by molar-refractivity contribution is 6.19. The SMILES string of the molecule is c1ccc(-c2ccc(-n3c4ccccc4c4cc(-n5c6ccccc6c6cc7c(cc65)c5ccccc5n7-c5ccccc5)ccc43)cc2)cc1. The molecule has 0 N–H and O–H groups in total. The van der Waals surface area contributed by atoms with Crippen LogP contribution >= 0.6 is 0 Å². The van der Waals surface area contributed by atoms with Crippen LogP contribution in [-0.2, 0) is 0 Å². The molecule has 0 fully saturated rings. The molecule has 0 radical (unpaired) electrons. The summed E-state index contributed by atoms with van der Waals surface area (Å²) in [6.45, 7) is 0. The second kappa shape index (κ2) is 10.8. The van der Waals surface area contributed by atoms with Gasteiger partial charge in [0.2, 0.25) is 0 Å². The van der Waals surface area contributed by atoms with Crippen LogP contribution in [0.25, 0.3) is 93.6 Å². The van der Waals surface area contributed by atoms with E-state index in [9.17, 15) is 0 Å². The molecule has 8 aromatic carbocycles. The molecule has 238 valence electrons. The van der Waals surface area contributed by atoms with Crippen LogP contribution in [0.5, 0.6) is 0 Å². The topological polar surface area (TPSA) is 14.8 Å². The van der Waals surface area contributed by atoms with Crippen molar-refractivity contribution in [1.82, 2.24) is 13.7 Å². The van der Waals surface area contributed by atoms with Crippen LogP contribution in [0.4, 0.5) is 0 Å². The first kappa shape index (κ1) is 28.0. The number of aromatic nitrogens is 3. The molecule has 3 nitrogen and oxygen atoms in total. The van der Waals surface area contributed by atoms with Gasteiger partial charge in [0.25, 0.3) is 0 Å². The monoisotopic (exact) mass is 649 g/mol. The maximum Gasteiger partial charge on any atom is 0.0548 e. The van der Waals surface area contributed by atoms with E-state index in [4.69, 9.17) is 0 Å². The Bertz CT molecular complexity index is 3110. The van der Waals surface area contributed by atoms with Crippen LogP contribution in [0, 0.1) is 0 Å². The van der Waals surface area contributed by atoms with Crippen molar-refractivity contribution in [3.8, 4) is 28.2 Å². The zero-order valence-corrected chi connectivity index (χ0v) is 27.7. The Morgan fingerprint density at radius 3 is 1.16 bits per heavy atom. The molecule has 0 bridgehead atoms. The quantitative estimate of drug-likeness (QED) is 0.180. The molecule has 0 spiro atoms. The zero-order chi connectivity index (χ0) is 33.5. The maximum absolute atomic E-state index is 2.46. The van der Waals surface area contributed by atoms with Crippen LogP contribution in [0.1, 0.15) is 0 Å². The lowest BCUT2D eigenvalue weighted by Gasteiger charge is -2.11. The van der Waals surface area contributed by atoms with Gasteiger partial charge in [-0.2, -0.15) is 0 Å². The van der Waals surface area contributed by atoms with Gasteiger partial charge in [0, 0.05) is 49.4 Å². The summed E-state index contributed by atoms with van der Waals surface area (Å²) in [7, 11) is 0. The molecule has 0 unspecified atom stereocenters. The van der Waals surface area contributed by atoms with Gasteiger partial charge in [-0.1, -0.05) is 115 Å². The summed E-state index contributed by atoms with van der Waals surface area (Å²) < 4.78 is 7.26. The number of fused-ring (bicyclic) bond motifs is 9. The standard InChI is InChI=1S/C48H31N3/c1-3-13-32(14-4-1)33-23-25-35(26-24-33)49-43-20-10-7-17-37(43)40-29-36(27-28-46(40)49)51-45-22-12-9-19-39(45)42-30-47-41(31-48(42)51)38-18-8-11-21-44(38)50(47)34-15-5-2-6-16-34/h1-31H.